The first-order valence-electron chi connectivity index (χ1n) is 10.2. The van der Waals surface area contributed by atoms with Gasteiger partial charge in [-0.2, -0.15) is 5.10 Å². The van der Waals surface area contributed by atoms with Gasteiger partial charge in [0, 0.05) is 54.6 Å². The van der Waals surface area contributed by atoms with Crippen molar-refractivity contribution in [2.45, 2.75) is 64.5 Å². The van der Waals surface area contributed by atoms with Crippen LogP contribution < -0.4 is 0 Å². The minimum atomic E-state index is -0.0685. The van der Waals surface area contributed by atoms with E-state index in [9.17, 15) is 4.79 Å². The lowest BCUT2D eigenvalue weighted by molar-refractivity contribution is 0.0593. The monoisotopic (exact) mass is 382 g/mol. The van der Waals surface area contributed by atoms with E-state index in [0.717, 1.165) is 62.5 Å². The molecule has 150 valence electrons. The van der Waals surface area contributed by atoms with Gasteiger partial charge in [0.2, 0.25) is 0 Å². The van der Waals surface area contributed by atoms with Crippen LogP contribution in [-0.4, -0.2) is 56.0 Å². The van der Waals surface area contributed by atoms with E-state index in [1.165, 1.54) is 5.56 Å². The molecule has 1 N–H and O–H groups in total. The number of hydrogen-bond acceptors (Lipinski definition) is 5. The third-order valence-corrected chi connectivity index (χ3v) is 5.81. The van der Waals surface area contributed by atoms with Crippen molar-refractivity contribution in [2.24, 2.45) is 0 Å². The van der Waals surface area contributed by atoms with Crippen molar-refractivity contribution in [1.29, 1.82) is 0 Å². The second-order valence-electron chi connectivity index (χ2n) is 9.11. The van der Waals surface area contributed by atoms with Crippen molar-refractivity contribution >= 4 is 5.91 Å². The Hall–Kier alpha value is -2.28. The highest BCUT2D eigenvalue weighted by atomic mass is 16.2. The maximum absolute atomic E-state index is 13.2. The van der Waals surface area contributed by atoms with E-state index >= 15 is 0 Å². The highest BCUT2D eigenvalue weighted by Gasteiger charge is 2.33. The molecule has 7 heteroatoms. The predicted molar refractivity (Wildman–Crippen MR) is 107 cm³/mol. The molecule has 0 radical (unpaired) electrons. The van der Waals surface area contributed by atoms with Crippen LogP contribution in [0.5, 0.6) is 0 Å². The van der Waals surface area contributed by atoms with Gasteiger partial charge in [-0.05, 0) is 32.4 Å². The van der Waals surface area contributed by atoms with E-state index < -0.39 is 0 Å². The van der Waals surface area contributed by atoms with Gasteiger partial charge < -0.3 is 9.80 Å². The van der Waals surface area contributed by atoms with Crippen LogP contribution in [0.1, 0.15) is 79.3 Å². The Balaban J connectivity index is 1.60. The van der Waals surface area contributed by atoms with Crippen LogP contribution in [0.3, 0.4) is 0 Å². The van der Waals surface area contributed by atoms with Gasteiger partial charge in [-0.25, -0.2) is 9.97 Å². The van der Waals surface area contributed by atoms with Gasteiger partial charge in [0.15, 0.2) is 5.82 Å². The van der Waals surface area contributed by atoms with Gasteiger partial charge in [0.05, 0.1) is 6.04 Å². The Bertz CT molecular complexity index is 868. The zero-order chi connectivity index (χ0) is 19.9. The minimum Gasteiger partial charge on any atom is -0.327 e. The number of carbonyl (C=O) groups is 1. The number of rotatable bonds is 2. The number of aromatic amines is 1. The van der Waals surface area contributed by atoms with Crippen molar-refractivity contribution in [3.05, 3.63) is 40.7 Å². The lowest BCUT2D eigenvalue weighted by Gasteiger charge is -2.35. The number of likely N-dealkylation sites (N-methyl/N-ethyl adjacent to an activating group) is 1. The third-order valence-electron chi connectivity index (χ3n) is 5.81. The number of nitrogens with zero attached hydrogens (tertiary/aromatic N) is 5. The summed E-state index contributed by atoms with van der Waals surface area (Å²) >= 11 is 0. The van der Waals surface area contributed by atoms with E-state index in [2.05, 4.69) is 47.9 Å². The average Bonchev–Trinajstić information content (AvgIpc) is 3.18. The molecule has 0 aromatic carbocycles. The highest BCUT2D eigenvalue weighted by Crippen LogP contribution is 2.31. The summed E-state index contributed by atoms with van der Waals surface area (Å²) in [6.07, 6.45) is 5.90. The summed E-state index contributed by atoms with van der Waals surface area (Å²) in [5.41, 5.74) is 3.72. The Morgan fingerprint density at radius 1 is 1.25 bits per heavy atom. The van der Waals surface area contributed by atoms with E-state index in [-0.39, 0.29) is 17.4 Å². The number of carbonyl (C=O) groups excluding carboxylic acids is 1. The molecule has 7 nitrogen and oxygen atoms in total. The first-order valence-corrected chi connectivity index (χ1v) is 10.2. The summed E-state index contributed by atoms with van der Waals surface area (Å²) < 4.78 is 0. The molecule has 0 spiro atoms. The lowest BCUT2D eigenvalue weighted by atomic mass is 9.92. The molecule has 1 amide bonds. The zero-order valence-corrected chi connectivity index (χ0v) is 17.3. The summed E-state index contributed by atoms with van der Waals surface area (Å²) in [7, 11) is 2.12. The average molecular weight is 383 g/mol. The molecule has 0 bridgehead atoms. The van der Waals surface area contributed by atoms with Crippen LogP contribution in [0.2, 0.25) is 0 Å². The first-order chi connectivity index (χ1) is 13.3. The number of hydrogen-bond donors (Lipinski definition) is 1. The van der Waals surface area contributed by atoms with Gasteiger partial charge >= 0.3 is 0 Å². The lowest BCUT2D eigenvalue weighted by Crippen LogP contribution is -2.40. The smallest absolute Gasteiger partial charge is 0.274 e. The van der Waals surface area contributed by atoms with Crippen molar-refractivity contribution in [1.82, 2.24) is 30.0 Å². The van der Waals surface area contributed by atoms with Gasteiger partial charge in [0.1, 0.15) is 5.69 Å². The van der Waals surface area contributed by atoms with Crippen LogP contribution in [0.4, 0.5) is 0 Å². The van der Waals surface area contributed by atoms with Crippen molar-refractivity contribution < 1.29 is 4.79 Å². The van der Waals surface area contributed by atoms with Gasteiger partial charge in [0.25, 0.3) is 5.91 Å². The maximum Gasteiger partial charge on any atom is 0.274 e. The zero-order valence-electron chi connectivity index (χ0n) is 17.3. The molecule has 2 aliphatic rings. The number of H-pyrrole nitrogens is 1. The van der Waals surface area contributed by atoms with Crippen LogP contribution in [0.15, 0.2) is 12.3 Å². The van der Waals surface area contributed by atoms with Crippen LogP contribution in [0, 0.1) is 0 Å². The molecule has 2 aromatic rings. The minimum absolute atomic E-state index is 0.0301. The van der Waals surface area contributed by atoms with Crippen molar-refractivity contribution in [3.63, 3.8) is 0 Å². The van der Waals surface area contributed by atoms with E-state index in [4.69, 9.17) is 4.98 Å². The first kappa shape index (κ1) is 19.1. The molecule has 1 saturated heterocycles. The maximum atomic E-state index is 13.2. The normalized spacial score (nSPS) is 20.9. The van der Waals surface area contributed by atoms with Crippen LogP contribution >= 0.6 is 0 Å². The molecular weight excluding hydrogens is 352 g/mol. The highest BCUT2D eigenvalue weighted by molar-refractivity contribution is 5.92. The van der Waals surface area contributed by atoms with Crippen LogP contribution in [-0.2, 0) is 18.4 Å². The quantitative estimate of drug-likeness (QED) is 0.864. The molecule has 2 aliphatic heterocycles. The number of nitrogens with one attached hydrogen (secondary N) is 1. The molecule has 1 fully saturated rings. The second-order valence-corrected chi connectivity index (χ2v) is 9.11. The molecule has 4 heterocycles. The van der Waals surface area contributed by atoms with Gasteiger partial charge in [-0.3, -0.25) is 9.89 Å². The summed E-state index contributed by atoms with van der Waals surface area (Å²) in [6.45, 7) is 8.96. The van der Waals surface area contributed by atoms with Crippen LogP contribution in [0.25, 0.3) is 0 Å². The summed E-state index contributed by atoms with van der Waals surface area (Å²) in [6, 6.07) is 1.82. The van der Waals surface area contributed by atoms with E-state index in [1.807, 2.05) is 17.2 Å². The molecule has 0 saturated carbocycles. The molecule has 0 aliphatic carbocycles. The molecule has 28 heavy (non-hydrogen) atoms. The van der Waals surface area contributed by atoms with E-state index in [1.54, 1.807) is 0 Å². The van der Waals surface area contributed by atoms with Crippen molar-refractivity contribution in [2.75, 3.05) is 20.1 Å². The predicted octanol–water partition coefficient (Wildman–Crippen LogP) is 2.85. The number of piperidine rings is 1. The topological polar surface area (TPSA) is 78.0 Å². The Kier molecular flexibility index (Phi) is 4.95. The van der Waals surface area contributed by atoms with Gasteiger partial charge in [-0.1, -0.05) is 20.8 Å². The fraction of sp³-hybridized carbons (Fsp3) is 0.619. The fourth-order valence-electron chi connectivity index (χ4n) is 4.04. The van der Waals surface area contributed by atoms with Gasteiger partial charge in [-0.15, -0.1) is 0 Å². The number of fused-ring (bicyclic) bond motifs is 1. The number of amides is 1. The fourth-order valence-corrected chi connectivity index (χ4v) is 4.04. The summed E-state index contributed by atoms with van der Waals surface area (Å²) in [5, 5.41) is 7.33. The number of likely N-dealkylation sites (tertiary alicyclic amines) is 1. The van der Waals surface area contributed by atoms with Crippen molar-refractivity contribution in [3.8, 4) is 0 Å². The molecule has 2 aromatic heterocycles. The standard InChI is InChI=1S/C21H30N6O/c1-21(2,3)18-11-16(24-25-18)20(28)27-9-6-5-7-17(27)19-22-12-14-13-26(4)10-8-15(14)23-19/h11-12,17H,5-10,13H2,1-4H3,(H,24,25). The van der Waals surface area contributed by atoms with E-state index in [0.29, 0.717) is 5.69 Å². The second kappa shape index (κ2) is 7.28. The molecule has 4 rings (SSSR count). The Morgan fingerprint density at radius 2 is 2.07 bits per heavy atom. The molecular formula is C21H30N6O. The largest absolute Gasteiger partial charge is 0.327 e. The summed E-state index contributed by atoms with van der Waals surface area (Å²) in [5.74, 6) is 0.750. The Morgan fingerprint density at radius 3 is 2.82 bits per heavy atom. The molecule has 1 atom stereocenters. The number of aromatic nitrogens is 4. The third kappa shape index (κ3) is 3.68. The Labute approximate surface area is 166 Å². The molecule has 1 unspecified atom stereocenters. The SMILES string of the molecule is CN1CCc2nc(C3CCCCN3C(=O)c3cc(C(C)(C)C)[nH]n3)ncc2C1. The summed E-state index contributed by atoms with van der Waals surface area (Å²) in [4.78, 5) is 27.0.